The number of fused-ring (bicyclic) bond motifs is 1. The first-order valence-electron chi connectivity index (χ1n) is 5.07. The van der Waals surface area contributed by atoms with Crippen molar-refractivity contribution in [2.24, 2.45) is 0 Å². The van der Waals surface area contributed by atoms with Crippen molar-refractivity contribution in [3.05, 3.63) is 23.3 Å². The standard InChI is InChI=1S/C11H13NO4S/c1-6-4-8-9(5-7(6)10(13)14)17(15,16)11(2,3)12-8/h4-5,12H,1-3H3,(H,13,14). The number of sulfone groups is 1. The van der Waals surface area contributed by atoms with Crippen LogP contribution >= 0.6 is 0 Å². The zero-order chi connectivity index (χ0) is 13.0. The van der Waals surface area contributed by atoms with Gasteiger partial charge in [-0.05, 0) is 38.5 Å². The molecule has 0 atom stereocenters. The van der Waals surface area contributed by atoms with Gasteiger partial charge < -0.3 is 10.4 Å². The molecule has 17 heavy (non-hydrogen) atoms. The van der Waals surface area contributed by atoms with Crippen LogP contribution in [0.4, 0.5) is 5.69 Å². The first kappa shape index (κ1) is 11.9. The van der Waals surface area contributed by atoms with Crippen LogP contribution in [0, 0.1) is 6.92 Å². The molecule has 0 radical (unpaired) electrons. The maximum Gasteiger partial charge on any atom is 0.335 e. The molecular weight excluding hydrogens is 242 g/mol. The van der Waals surface area contributed by atoms with E-state index in [2.05, 4.69) is 5.32 Å². The lowest BCUT2D eigenvalue weighted by Crippen LogP contribution is -2.33. The molecule has 0 bridgehead atoms. The second-order valence-electron chi connectivity index (χ2n) is 4.61. The summed E-state index contributed by atoms with van der Waals surface area (Å²) in [6.45, 7) is 4.75. The van der Waals surface area contributed by atoms with Crippen LogP contribution in [0.3, 0.4) is 0 Å². The van der Waals surface area contributed by atoms with Crippen molar-refractivity contribution in [1.82, 2.24) is 0 Å². The highest BCUT2D eigenvalue weighted by molar-refractivity contribution is 7.93. The van der Waals surface area contributed by atoms with Gasteiger partial charge in [0, 0.05) is 0 Å². The minimum absolute atomic E-state index is 0.0202. The number of aromatic carboxylic acids is 1. The number of benzene rings is 1. The van der Waals surface area contributed by atoms with Crippen LogP contribution in [0.2, 0.25) is 0 Å². The smallest absolute Gasteiger partial charge is 0.335 e. The Morgan fingerprint density at radius 2 is 1.94 bits per heavy atom. The van der Waals surface area contributed by atoms with Gasteiger partial charge >= 0.3 is 5.97 Å². The van der Waals surface area contributed by atoms with Crippen molar-refractivity contribution < 1.29 is 18.3 Å². The predicted octanol–water partition coefficient (Wildman–Crippen LogP) is 1.63. The molecule has 0 aliphatic carbocycles. The highest BCUT2D eigenvalue weighted by Crippen LogP contribution is 2.40. The topological polar surface area (TPSA) is 83.5 Å². The van der Waals surface area contributed by atoms with Crippen LogP contribution < -0.4 is 5.32 Å². The van der Waals surface area contributed by atoms with Gasteiger partial charge in [-0.3, -0.25) is 0 Å². The third-order valence-corrected chi connectivity index (χ3v) is 5.32. The van der Waals surface area contributed by atoms with Crippen LogP contribution in [0.1, 0.15) is 29.8 Å². The molecule has 0 saturated heterocycles. The third-order valence-electron chi connectivity index (χ3n) is 2.95. The van der Waals surface area contributed by atoms with E-state index in [1.165, 1.54) is 6.07 Å². The second-order valence-corrected chi connectivity index (χ2v) is 7.07. The zero-order valence-corrected chi connectivity index (χ0v) is 10.6. The summed E-state index contributed by atoms with van der Waals surface area (Å²) in [5.41, 5.74) is 1.03. The zero-order valence-electron chi connectivity index (χ0n) is 9.73. The number of nitrogens with one attached hydrogen (secondary N) is 1. The number of aryl methyl sites for hydroxylation is 1. The predicted molar refractivity (Wildman–Crippen MR) is 63.0 cm³/mol. The van der Waals surface area contributed by atoms with E-state index in [4.69, 9.17) is 5.11 Å². The summed E-state index contributed by atoms with van der Waals surface area (Å²) in [4.78, 5) is 9.94. The van der Waals surface area contributed by atoms with E-state index in [0.29, 0.717) is 11.3 Å². The van der Waals surface area contributed by atoms with E-state index in [9.17, 15) is 13.2 Å². The van der Waals surface area contributed by atoms with Crippen molar-refractivity contribution >= 4 is 21.5 Å². The number of carboxylic acids is 1. The molecule has 1 heterocycles. The van der Waals surface area contributed by atoms with Crippen LogP contribution in [0.25, 0.3) is 0 Å². The summed E-state index contributed by atoms with van der Waals surface area (Å²) in [5.74, 6) is -1.12. The van der Waals surface area contributed by atoms with Crippen molar-refractivity contribution in [1.29, 1.82) is 0 Å². The average Bonchev–Trinajstić information content (AvgIpc) is 2.31. The summed E-state index contributed by atoms with van der Waals surface area (Å²) in [7, 11) is -3.53. The molecule has 1 aliphatic rings. The van der Waals surface area contributed by atoms with E-state index in [1.807, 2.05) is 0 Å². The molecule has 0 amide bonds. The molecule has 6 heteroatoms. The number of hydrogen-bond donors (Lipinski definition) is 2. The highest BCUT2D eigenvalue weighted by Gasteiger charge is 2.44. The van der Waals surface area contributed by atoms with E-state index in [1.54, 1.807) is 26.8 Å². The molecule has 0 aromatic heterocycles. The summed E-state index contributed by atoms with van der Waals surface area (Å²) in [5, 5.41) is 11.9. The number of anilines is 1. The SMILES string of the molecule is Cc1cc2c(cc1C(=O)O)S(=O)(=O)C(C)(C)N2. The van der Waals surface area contributed by atoms with Gasteiger partial charge in [0.1, 0.15) is 4.87 Å². The van der Waals surface area contributed by atoms with Gasteiger partial charge in [-0.15, -0.1) is 0 Å². The van der Waals surface area contributed by atoms with Crippen LogP contribution in [0.15, 0.2) is 17.0 Å². The minimum atomic E-state index is -3.53. The lowest BCUT2D eigenvalue weighted by molar-refractivity contribution is 0.0696. The van der Waals surface area contributed by atoms with Gasteiger partial charge in [0.05, 0.1) is 16.1 Å². The second kappa shape index (κ2) is 3.22. The normalized spacial score (nSPS) is 19.5. The fourth-order valence-corrected chi connectivity index (χ4v) is 3.37. The molecular formula is C11H13NO4S. The maximum absolute atomic E-state index is 12.1. The Bertz CT molecular complexity index is 617. The van der Waals surface area contributed by atoms with Gasteiger partial charge in [0.25, 0.3) is 0 Å². The van der Waals surface area contributed by atoms with Crippen molar-refractivity contribution in [3.8, 4) is 0 Å². The average molecular weight is 255 g/mol. The summed E-state index contributed by atoms with van der Waals surface area (Å²) in [6, 6.07) is 2.79. The van der Waals surface area contributed by atoms with Crippen molar-refractivity contribution in [2.75, 3.05) is 5.32 Å². The monoisotopic (exact) mass is 255 g/mol. The molecule has 2 rings (SSSR count). The lowest BCUT2D eigenvalue weighted by atomic mass is 10.1. The van der Waals surface area contributed by atoms with E-state index in [-0.39, 0.29) is 10.5 Å². The number of carboxylic acid groups (broad SMARTS) is 1. The Hall–Kier alpha value is -1.56. The fraction of sp³-hybridized carbons (Fsp3) is 0.364. The highest BCUT2D eigenvalue weighted by atomic mass is 32.2. The van der Waals surface area contributed by atoms with Gasteiger partial charge in [0.2, 0.25) is 9.84 Å². The Morgan fingerprint density at radius 3 is 2.47 bits per heavy atom. The molecule has 2 N–H and O–H groups in total. The van der Waals surface area contributed by atoms with Gasteiger partial charge in [-0.25, -0.2) is 13.2 Å². The first-order valence-corrected chi connectivity index (χ1v) is 6.56. The fourth-order valence-electron chi connectivity index (χ4n) is 1.90. The van der Waals surface area contributed by atoms with Crippen LogP contribution in [-0.4, -0.2) is 24.4 Å². The summed E-state index contributed by atoms with van der Waals surface area (Å²) < 4.78 is 24.3. The molecule has 1 aromatic rings. The van der Waals surface area contributed by atoms with Gasteiger partial charge in [0.15, 0.2) is 0 Å². The molecule has 0 fully saturated rings. The maximum atomic E-state index is 12.1. The molecule has 1 aliphatic heterocycles. The van der Waals surface area contributed by atoms with Crippen LogP contribution in [0.5, 0.6) is 0 Å². The first-order chi connectivity index (χ1) is 7.67. The largest absolute Gasteiger partial charge is 0.478 e. The third kappa shape index (κ3) is 1.51. The molecule has 92 valence electrons. The van der Waals surface area contributed by atoms with E-state index in [0.717, 1.165) is 0 Å². The van der Waals surface area contributed by atoms with Crippen molar-refractivity contribution in [3.63, 3.8) is 0 Å². The molecule has 1 aromatic carbocycles. The Balaban J connectivity index is 2.76. The summed E-state index contributed by atoms with van der Waals surface area (Å²) in [6.07, 6.45) is 0. The quantitative estimate of drug-likeness (QED) is 0.796. The summed E-state index contributed by atoms with van der Waals surface area (Å²) >= 11 is 0. The molecule has 5 nitrogen and oxygen atoms in total. The molecule has 0 saturated carbocycles. The van der Waals surface area contributed by atoms with Gasteiger partial charge in [-0.1, -0.05) is 0 Å². The number of carbonyl (C=O) groups is 1. The Morgan fingerprint density at radius 1 is 1.35 bits per heavy atom. The Kier molecular flexibility index (Phi) is 2.26. The van der Waals surface area contributed by atoms with E-state index < -0.39 is 20.7 Å². The molecule has 0 spiro atoms. The van der Waals surface area contributed by atoms with E-state index >= 15 is 0 Å². The number of hydrogen-bond acceptors (Lipinski definition) is 4. The number of rotatable bonds is 1. The Labute approximate surface area is 99.4 Å². The van der Waals surface area contributed by atoms with Crippen LogP contribution in [-0.2, 0) is 9.84 Å². The van der Waals surface area contributed by atoms with Crippen molar-refractivity contribution in [2.45, 2.75) is 30.5 Å². The van der Waals surface area contributed by atoms with Gasteiger partial charge in [-0.2, -0.15) is 0 Å². The lowest BCUT2D eigenvalue weighted by Gasteiger charge is -2.17. The minimum Gasteiger partial charge on any atom is -0.478 e. The molecule has 0 unspecified atom stereocenters.